The van der Waals surface area contributed by atoms with E-state index < -0.39 is 5.82 Å². The van der Waals surface area contributed by atoms with Gasteiger partial charge < -0.3 is 5.32 Å². The van der Waals surface area contributed by atoms with Crippen LogP contribution in [-0.2, 0) is 11.3 Å². The Hall–Kier alpha value is -2.18. The maximum atomic E-state index is 13.2. The van der Waals surface area contributed by atoms with Crippen molar-refractivity contribution in [2.24, 2.45) is 0 Å². The number of benzene rings is 2. The molecule has 0 radical (unpaired) electrons. The van der Waals surface area contributed by atoms with Gasteiger partial charge in [0.2, 0.25) is 5.91 Å². The molecule has 0 saturated carbocycles. The Balaban J connectivity index is 1.82. The minimum Gasteiger partial charge on any atom is -0.324 e. The van der Waals surface area contributed by atoms with E-state index in [0.717, 1.165) is 11.5 Å². The van der Waals surface area contributed by atoms with Crippen LogP contribution >= 0.6 is 23.1 Å². The molecule has 7 heteroatoms. The number of anilines is 1. The lowest BCUT2D eigenvalue weighted by Crippen LogP contribution is -2.23. The van der Waals surface area contributed by atoms with E-state index >= 15 is 0 Å². The first-order valence-corrected chi connectivity index (χ1v) is 7.53. The lowest BCUT2D eigenvalue weighted by molar-refractivity contribution is -0.116. The van der Waals surface area contributed by atoms with Crippen LogP contribution in [0.3, 0.4) is 0 Å². The fourth-order valence-electron chi connectivity index (χ4n) is 2.04. The van der Waals surface area contributed by atoms with E-state index in [-0.39, 0.29) is 18.0 Å². The highest BCUT2D eigenvalue weighted by molar-refractivity contribution is 7.13. The molecule has 3 aromatic rings. The van der Waals surface area contributed by atoms with Crippen molar-refractivity contribution >= 4 is 44.8 Å². The van der Waals surface area contributed by atoms with Crippen LogP contribution in [-0.4, -0.2) is 9.86 Å². The molecule has 112 valence electrons. The summed E-state index contributed by atoms with van der Waals surface area (Å²) in [6.07, 6.45) is 0. The summed E-state index contributed by atoms with van der Waals surface area (Å²) in [7, 11) is 0. The average molecular weight is 337 g/mol. The number of carbonyl (C=O) groups is 1. The molecule has 1 amide bonds. The molecule has 3 rings (SSSR count). The summed E-state index contributed by atoms with van der Waals surface area (Å²) in [6.45, 7) is -0.133. The van der Waals surface area contributed by atoms with Crippen molar-refractivity contribution in [3.05, 3.63) is 63.7 Å². The van der Waals surface area contributed by atoms with Gasteiger partial charge >= 0.3 is 0 Å². The van der Waals surface area contributed by atoms with E-state index in [1.165, 1.54) is 22.2 Å². The molecule has 4 nitrogen and oxygen atoms in total. The van der Waals surface area contributed by atoms with Crippen molar-refractivity contribution in [1.29, 1.82) is 0 Å². The Labute approximate surface area is 133 Å². The van der Waals surface area contributed by atoms with E-state index in [1.54, 1.807) is 24.3 Å². The monoisotopic (exact) mass is 336 g/mol. The van der Waals surface area contributed by atoms with E-state index in [0.29, 0.717) is 20.8 Å². The third-order valence-corrected chi connectivity index (χ3v) is 4.29. The maximum Gasteiger partial charge on any atom is 0.269 e. The van der Waals surface area contributed by atoms with Gasteiger partial charge in [-0.2, -0.15) is 0 Å². The second-order valence-electron chi connectivity index (χ2n) is 4.63. The fraction of sp³-hybridized carbons (Fsp3) is 0.0667. The average Bonchev–Trinajstić information content (AvgIpc) is 2.74. The lowest BCUT2D eigenvalue weighted by atomic mass is 10.3. The van der Waals surface area contributed by atoms with Gasteiger partial charge in [0.1, 0.15) is 12.4 Å². The molecule has 0 spiro atoms. The van der Waals surface area contributed by atoms with E-state index in [9.17, 15) is 14.0 Å². The molecular weight excluding hydrogens is 327 g/mol. The summed E-state index contributed by atoms with van der Waals surface area (Å²) < 4.78 is 15.0. The van der Waals surface area contributed by atoms with Gasteiger partial charge in [0.05, 0.1) is 10.1 Å². The molecule has 0 unspecified atom stereocenters. The molecular formula is C15H10ClFN2O2S. The maximum absolute atomic E-state index is 13.2. The largest absolute Gasteiger partial charge is 0.324 e. The minimum atomic E-state index is -0.413. The molecule has 0 aliphatic rings. The molecule has 1 N–H and O–H groups in total. The Bertz CT molecular complexity index is 919. The summed E-state index contributed by atoms with van der Waals surface area (Å²) >= 11 is 6.90. The molecule has 22 heavy (non-hydrogen) atoms. The van der Waals surface area contributed by atoms with Crippen LogP contribution in [0.4, 0.5) is 10.1 Å². The second kappa shape index (κ2) is 5.90. The predicted octanol–water partition coefficient (Wildman–Crippen LogP) is 3.49. The van der Waals surface area contributed by atoms with Crippen molar-refractivity contribution in [1.82, 2.24) is 3.96 Å². The second-order valence-corrected chi connectivity index (χ2v) is 6.13. The molecule has 1 aromatic heterocycles. The standard InChI is InChI=1S/C15H10ClFN2O2S/c16-9-2-1-3-11(6-9)18-14(20)8-19-15(21)12-5-4-10(17)7-13(12)22-19/h1-7H,8H2,(H,18,20). The van der Waals surface area contributed by atoms with Crippen LogP contribution in [0.2, 0.25) is 5.02 Å². The van der Waals surface area contributed by atoms with Gasteiger partial charge in [-0.25, -0.2) is 4.39 Å². The van der Waals surface area contributed by atoms with Gasteiger partial charge in [-0.15, -0.1) is 0 Å². The van der Waals surface area contributed by atoms with E-state index in [2.05, 4.69) is 5.32 Å². The predicted molar refractivity (Wildman–Crippen MR) is 86.1 cm³/mol. The quantitative estimate of drug-likeness (QED) is 0.796. The van der Waals surface area contributed by atoms with Gasteiger partial charge in [0.15, 0.2) is 0 Å². The molecule has 0 fully saturated rings. The van der Waals surface area contributed by atoms with Crippen molar-refractivity contribution < 1.29 is 9.18 Å². The molecule has 0 atom stereocenters. The van der Waals surface area contributed by atoms with Crippen LogP contribution in [0.15, 0.2) is 47.3 Å². The Morgan fingerprint density at radius 1 is 1.27 bits per heavy atom. The fourth-order valence-corrected chi connectivity index (χ4v) is 3.25. The first-order chi connectivity index (χ1) is 10.5. The van der Waals surface area contributed by atoms with E-state index in [4.69, 9.17) is 11.6 Å². The van der Waals surface area contributed by atoms with Gasteiger partial charge in [0, 0.05) is 10.7 Å². The highest BCUT2D eigenvalue weighted by Gasteiger charge is 2.11. The minimum absolute atomic E-state index is 0.133. The normalized spacial score (nSPS) is 10.8. The number of rotatable bonds is 3. The van der Waals surface area contributed by atoms with Gasteiger partial charge in [-0.05, 0) is 36.4 Å². The number of carbonyl (C=O) groups excluding carboxylic acids is 1. The van der Waals surface area contributed by atoms with Crippen molar-refractivity contribution in [3.63, 3.8) is 0 Å². The molecule has 0 bridgehead atoms. The zero-order chi connectivity index (χ0) is 15.7. The third kappa shape index (κ3) is 3.03. The summed E-state index contributed by atoms with van der Waals surface area (Å²) in [5, 5.41) is 3.58. The number of aromatic nitrogens is 1. The van der Waals surface area contributed by atoms with Crippen molar-refractivity contribution in [2.75, 3.05) is 5.32 Å². The van der Waals surface area contributed by atoms with Crippen LogP contribution in [0.5, 0.6) is 0 Å². The number of halogens is 2. The first-order valence-electron chi connectivity index (χ1n) is 6.38. The Morgan fingerprint density at radius 2 is 2.09 bits per heavy atom. The van der Waals surface area contributed by atoms with Crippen molar-refractivity contribution in [3.8, 4) is 0 Å². The SMILES string of the molecule is O=C(Cn1sc2cc(F)ccc2c1=O)Nc1cccc(Cl)c1. The molecule has 0 saturated heterocycles. The Morgan fingerprint density at radius 3 is 2.86 bits per heavy atom. The molecule has 1 heterocycles. The molecule has 0 aliphatic carbocycles. The van der Waals surface area contributed by atoms with E-state index in [1.807, 2.05) is 0 Å². The zero-order valence-corrected chi connectivity index (χ0v) is 12.7. The number of fused-ring (bicyclic) bond motifs is 1. The topological polar surface area (TPSA) is 51.1 Å². The van der Waals surface area contributed by atoms with Gasteiger partial charge in [-0.1, -0.05) is 29.2 Å². The number of hydrogen-bond donors (Lipinski definition) is 1. The van der Waals surface area contributed by atoms with Crippen LogP contribution in [0.25, 0.3) is 10.1 Å². The number of nitrogens with one attached hydrogen (secondary N) is 1. The lowest BCUT2D eigenvalue weighted by Gasteiger charge is -2.05. The Kier molecular flexibility index (Phi) is 3.96. The van der Waals surface area contributed by atoms with Gasteiger partial charge in [0.25, 0.3) is 5.56 Å². The van der Waals surface area contributed by atoms with Crippen molar-refractivity contribution in [2.45, 2.75) is 6.54 Å². The number of nitrogens with zero attached hydrogens (tertiary/aromatic N) is 1. The van der Waals surface area contributed by atoms with Crippen LogP contribution < -0.4 is 10.9 Å². The summed E-state index contributed by atoms with van der Waals surface area (Å²) in [4.78, 5) is 24.1. The summed E-state index contributed by atoms with van der Waals surface area (Å²) in [5.41, 5.74) is 0.249. The highest BCUT2D eigenvalue weighted by atomic mass is 35.5. The summed E-state index contributed by atoms with van der Waals surface area (Å²) in [5.74, 6) is -0.763. The van der Waals surface area contributed by atoms with Gasteiger partial charge in [-0.3, -0.25) is 13.5 Å². The smallest absolute Gasteiger partial charge is 0.269 e. The highest BCUT2D eigenvalue weighted by Crippen LogP contribution is 2.18. The van der Waals surface area contributed by atoms with Crippen LogP contribution in [0.1, 0.15) is 0 Å². The number of amides is 1. The third-order valence-electron chi connectivity index (χ3n) is 3.00. The first kappa shape index (κ1) is 14.7. The number of hydrogen-bond acceptors (Lipinski definition) is 3. The summed E-state index contributed by atoms with van der Waals surface area (Å²) in [6, 6.07) is 10.7. The zero-order valence-electron chi connectivity index (χ0n) is 11.2. The molecule has 2 aromatic carbocycles. The molecule has 0 aliphatic heterocycles. The van der Waals surface area contributed by atoms with Crippen LogP contribution in [0, 0.1) is 5.82 Å².